The summed E-state index contributed by atoms with van der Waals surface area (Å²) < 4.78 is 6.41. The number of carbonyl (C=O) groups excluding carboxylic acids is 2. The molecule has 26 heavy (non-hydrogen) atoms. The molecule has 3 fully saturated rings. The Bertz CT molecular complexity index is 755. The van der Waals surface area contributed by atoms with Gasteiger partial charge in [-0.1, -0.05) is 19.1 Å². The molecule has 1 aromatic rings. The fourth-order valence-corrected chi connectivity index (χ4v) is 5.59. The van der Waals surface area contributed by atoms with Crippen LogP contribution in [0.3, 0.4) is 0 Å². The molecule has 0 unspecified atom stereocenters. The van der Waals surface area contributed by atoms with Crippen LogP contribution in [0.1, 0.15) is 36.5 Å². The van der Waals surface area contributed by atoms with Crippen LogP contribution in [0.4, 0.5) is 0 Å². The average Bonchev–Trinajstić information content (AvgIpc) is 3.32. The van der Waals surface area contributed by atoms with Gasteiger partial charge in [0.25, 0.3) is 0 Å². The number of carbonyl (C=O) groups is 2. The minimum atomic E-state index is -0.443. The summed E-state index contributed by atoms with van der Waals surface area (Å²) in [4.78, 5) is 30.2. The molecular formula is C21H26N2O3. The maximum Gasteiger partial charge on any atom is 0.226 e. The zero-order valence-corrected chi connectivity index (χ0v) is 15.3. The molecular weight excluding hydrogens is 328 g/mol. The summed E-state index contributed by atoms with van der Waals surface area (Å²) in [6, 6.07) is 7.54. The zero-order chi connectivity index (χ0) is 17.9. The highest BCUT2D eigenvalue weighted by Crippen LogP contribution is 2.66. The van der Waals surface area contributed by atoms with Gasteiger partial charge in [0.05, 0.1) is 12.0 Å². The van der Waals surface area contributed by atoms with Gasteiger partial charge < -0.3 is 14.5 Å². The number of ether oxygens (including phenoxy) is 1. The van der Waals surface area contributed by atoms with E-state index in [-0.39, 0.29) is 17.6 Å². The number of para-hydroxylation sites is 1. The number of hydrogen-bond acceptors (Lipinski definition) is 4. The van der Waals surface area contributed by atoms with Crippen molar-refractivity contribution in [3.63, 3.8) is 0 Å². The second-order valence-corrected chi connectivity index (χ2v) is 8.28. The van der Waals surface area contributed by atoms with Crippen LogP contribution in [-0.4, -0.2) is 59.8 Å². The lowest BCUT2D eigenvalue weighted by Gasteiger charge is -2.38. The van der Waals surface area contributed by atoms with Crippen molar-refractivity contribution in [3.05, 3.63) is 29.8 Å². The quantitative estimate of drug-likeness (QED) is 0.817. The van der Waals surface area contributed by atoms with Gasteiger partial charge in [0, 0.05) is 38.0 Å². The third kappa shape index (κ3) is 2.33. The number of piperazine rings is 1. The Morgan fingerprint density at radius 1 is 1.23 bits per heavy atom. The Balaban J connectivity index is 1.33. The van der Waals surface area contributed by atoms with E-state index in [9.17, 15) is 9.59 Å². The molecule has 1 aromatic carbocycles. The van der Waals surface area contributed by atoms with Crippen molar-refractivity contribution in [2.45, 2.75) is 31.8 Å². The van der Waals surface area contributed by atoms with E-state index in [2.05, 4.69) is 11.8 Å². The van der Waals surface area contributed by atoms with Crippen molar-refractivity contribution in [2.75, 3.05) is 32.7 Å². The van der Waals surface area contributed by atoms with E-state index in [1.165, 1.54) is 0 Å². The lowest BCUT2D eigenvalue weighted by molar-refractivity contribution is -0.136. The minimum Gasteiger partial charge on any atom is -0.486 e. The Hall–Kier alpha value is -1.88. The number of likely N-dealkylation sites (N-methyl/N-ethyl adjacent to an activating group) is 1. The van der Waals surface area contributed by atoms with E-state index in [4.69, 9.17) is 4.74 Å². The molecule has 2 saturated carbocycles. The number of benzene rings is 1. The number of ketones is 1. The maximum atomic E-state index is 13.1. The van der Waals surface area contributed by atoms with E-state index in [0.29, 0.717) is 29.6 Å². The molecule has 0 radical (unpaired) electrons. The summed E-state index contributed by atoms with van der Waals surface area (Å²) >= 11 is 0. The Kier molecular flexibility index (Phi) is 3.64. The molecule has 1 saturated heterocycles. The summed E-state index contributed by atoms with van der Waals surface area (Å²) in [5, 5.41) is 0. The number of fused-ring (bicyclic) bond motifs is 3. The van der Waals surface area contributed by atoms with Gasteiger partial charge in [-0.3, -0.25) is 9.59 Å². The minimum absolute atomic E-state index is 0.0648. The Morgan fingerprint density at radius 2 is 2.00 bits per heavy atom. The highest BCUT2D eigenvalue weighted by molar-refractivity contribution is 6.00. The Morgan fingerprint density at radius 3 is 2.77 bits per heavy atom. The van der Waals surface area contributed by atoms with Crippen LogP contribution in [0.5, 0.6) is 5.75 Å². The molecule has 1 spiro atoms. The van der Waals surface area contributed by atoms with E-state index in [1.54, 1.807) is 0 Å². The molecule has 2 aliphatic carbocycles. The SMILES string of the molecule is CCN1CCN(C(=O)[C@@H]2[C@@H]3CC[C@@]4(CC(=O)c5ccccc5O4)[C@H]32)CC1. The number of rotatable bonds is 2. The van der Waals surface area contributed by atoms with Gasteiger partial charge in [0.15, 0.2) is 5.78 Å². The fraction of sp³-hybridized carbons (Fsp3) is 0.619. The molecule has 5 heteroatoms. The van der Waals surface area contributed by atoms with Crippen LogP contribution in [0, 0.1) is 17.8 Å². The van der Waals surface area contributed by atoms with Crippen molar-refractivity contribution in [3.8, 4) is 5.75 Å². The van der Waals surface area contributed by atoms with Crippen molar-refractivity contribution < 1.29 is 14.3 Å². The smallest absolute Gasteiger partial charge is 0.226 e. The van der Waals surface area contributed by atoms with Crippen molar-refractivity contribution in [1.29, 1.82) is 0 Å². The first-order valence-electron chi connectivity index (χ1n) is 9.95. The normalized spacial score (nSPS) is 35.8. The molecule has 138 valence electrons. The maximum absolute atomic E-state index is 13.1. The number of nitrogens with zero attached hydrogens (tertiary/aromatic N) is 2. The third-order valence-electron chi connectivity index (χ3n) is 7.05. The predicted octanol–water partition coefficient (Wildman–Crippen LogP) is 2.21. The van der Waals surface area contributed by atoms with E-state index < -0.39 is 5.60 Å². The van der Waals surface area contributed by atoms with Crippen LogP contribution < -0.4 is 4.74 Å². The second kappa shape index (κ2) is 5.81. The third-order valence-corrected chi connectivity index (χ3v) is 7.05. The van der Waals surface area contributed by atoms with Crippen molar-refractivity contribution in [2.24, 2.45) is 17.8 Å². The van der Waals surface area contributed by atoms with Crippen LogP contribution in [0.15, 0.2) is 24.3 Å². The highest BCUT2D eigenvalue weighted by Gasteiger charge is 2.71. The zero-order valence-electron chi connectivity index (χ0n) is 15.3. The summed E-state index contributed by atoms with van der Waals surface area (Å²) in [5.74, 6) is 1.86. The summed E-state index contributed by atoms with van der Waals surface area (Å²) in [7, 11) is 0. The topological polar surface area (TPSA) is 49.9 Å². The number of Topliss-reactive ketones (excluding diaryl/α,β-unsaturated/α-hetero) is 1. The second-order valence-electron chi connectivity index (χ2n) is 8.28. The fourth-order valence-electron chi connectivity index (χ4n) is 5.59. The number of amides is 1. The van der Waals surface area contributed by atoms with Crippen LogP contribution in [-0.2, 0) is 4.79 Å². The Labute approximate surface area is 154 Å². The van der Waals surface area contributed by atoms with Crippen molar-refractivity contribution in [1.82, 2.24) is 9.80 Å². The van der Waals surface area contributed by atoms with Gasteiger partial charge in [-0.05, 0) is 37.4 Å². The van der Waals surface area contributed by atoms with Gasteiger partial charge >= 0.3 is 0 Å². The van der Waals surface area contributed by atoms with Gasteiger partial charge in [0.1, 0.15) is 11.4 Å². The first kappa shape index (κ1) is 16.3. The van der Waals surface area contributed by atoms with E-state index in [0.717, 1.165) is 45.6 Å². The van der Waals surface area contributed by atoms with Gasteiger partial charge in [-0.15, -0.1) is 0 Å². The number of hydrogen-bond donors (Lipinski definition) is 0. The van der Waals surface area contributed by atoms with Gasteiger partial charge in [0.2, 0.25) is 5.91 Å². The average molecular weight is 354 g/mol. The van der Waals surface area contributed by atoms with Crippen LogP contribution in [0.25, 0.3) is 0 Å². The molecule has 2 heterocycles. The molecule has 5 rings (SSSR count). The molecule has 0 bridgehead atoms. The molecule has 4 atom stereocenters. The monoisotopic (exact) mass is 354 g/mol. The summed E-state index contributed by atoms with van der Waals surface area (Å²) in [6.45, 7) is 6.82. The van der Waals surface area contributed by atoms with E-state index in [1.807, 2.05) is 29.2 Å². The molecule has 0 N–H and O–H groups in total. The summed E-state index contributed by atoms with van der Waals surface area (Å²) in [6.07, 6.45) is 2.33. The molecule has 5 nitrogen and oxygen atoms in total. The molecule has 2 aliphatic heterocycles. The molecule has 0 aromatic heterocycles. The van der Waals surface area contributed by atoms with Crippen LogP contribution >= 0.6 is 0 Å². The van der Waals surface area contributed by atoms with E-state index >= 15 is 0 Å². The first-order valence-corrected chi connectivity index (χ1v) is 9.95. The van der Waals surface area contributed by atoms with Crippen LogP contribution in [0.2, 0.25) is 0 Å². The lowest BCUT2D eigenvalue weighted by atomic mass is 9.84. The van der Waals surface area contributed by atoms with Crippen molar-refractivity contribution >= 4 is 11.7 Å². The standard InChI is InChI=1S/C21H26N2O3/c1-2-22-9-11-23(12-10-22)20(25)18-15-7-8-21(19(15)18)13-16(24)14-5-3-4-6-17(14)26-21/h3-6,15,18-19H,2,7-13H2,1H3/t15-,18+,19+,21+/m0/s1. The highest BCUT2D eigenvalue weighted by atomic mass is 16.5. The summed E-state index contributed by atoms with van der Waals surface area (Å²) in [5.41, 5.74) is 0.252. The lowest BCUT2D eigenvalue weighted by Crippen LogP contribution is -2.50. The first-order chi connectivity index (χ1) is 12.6. The predicted molar refractivity (Wildman–Crippen MR) is 97.1 cm³/mol. The van der Waals surface area contributed by atoms with Gasteiger partial charge in [-0.2, -0.15) is 0 Å². The molecule has 4 aliphatic rings. The van der Waals surface area contributed by atoms with Gasteiger partial charge in [-0.25, -0.2) is 0 Å². The molecule has 1 amide bonds. The largest absolute Gasteiger partial charge is 0.486 e.